The van der Waals surface area contributed by atoms with Gasteiger partial charge in [0.2, 0.25) is 5.91 Å². The van der Waals surface area contributed by atoms with Crippen LogP contribution in [0.3, 0.4) is 0 Å². The Balaban J connectivity index is 1.16. The Morgan fingerprint density at radius 1 is 1.10 bits per heavy atom. The number of anilines is 2. The van der Waals surface area contributed by atoms with Crippen molar-refractivity contribution < 1.29 is 28.6 Å². The molecule has 2 aliphatic heterocycles. The second-order valence-corrected chi connectivity index (χ2v) is 12.0. The molecule has 1 fully saturated rings. The molecule has 11 nitrogen and oxygen atoms in total. The lowest BCUT2D eigenvalue weighted by Crippen LogP contribution is -2.46. The summed E-state index contributed by atoms with van der Waals surface area (Å²) in [4.78, 5) is 45.2. The highest BCUT2D eigenvalue weighted by molar-refractivity contribution is 7.81. The van der Waals surface area contributed by atoms with Gasteiger partial charge in [-0.2, -0.15) is 0 Å². The molecule has 1 aromatic heterocycles. The molecule has 5 rings (SSSR count). The van der Waals surface area contributed by atoms with Gasteiger partial charge in [0.25, 0.3) is 11.8 Å². The lowest BCUT2D eigenvalue weighted by Gasteiger charge is -2.34. The van der Waals surface area contributed by atoms with E-state index in [0.717, 1.165) is 50.4 Å². The van der Waals surface area contributed by atoms with Gasteiger partial charge in [-0.3, -0.25) is 24.2 Å². The third kappa shape index (κ3) is 8.83. The maximum atomic E-state index is 13.5. The third-order valence-corrected chi connectivity index (χ3v) is 8.67. The van der Waals surface area contributed by atoms with E-state index >= 15 is 0 Å². The quantitative estimate of drug-likeness (QED) is 0.161. The number of hydrogen-bond acceptors (Lipinski definition) is 9. The minimum absolute atomic E-state index is 0.0468. The molecule has 0 radical (unpaired) electrons. The second kappa shape index (κ2) is 16.5. The third-order valence-electron chi connectivity index (χ3n) is 8.22. The van der Waals surface area contributed by atoms with Crippen LogP contribution in [0.15, 0.2) is 77.1 Å². The molecule has 3 heterocycles. The summed E-state index contributed by atoms with van der Waals surface area (Å²) in [5.41, 5.74) is 3.84. The molecule has 1 atom stereocenters. The molecule has 3 N–H and O–H groups in total. The van der Waals surface area contributed by atoms with Crippen molar-refractivity contribution in [3.05, 3.63) is 95.1 Å². The number of nitrogens with zero attached hydrogens (tertiary/aromatic N) is 3. The number of thiocarbonyl (C=S) groups is 1. The number of nitrogens with one attached hydrogen (secondary N) is 2. The van der Waals surface area contributed by atoms with E-state index in [2.05, 4.69) is 32.3 Å². The van der Waals surface area contributed by atoms with E-state index in [9.17, 15) is 14.4 Å². The number of piperazine rings is 1. The fraction of sp³-hybridized carbons (Fsp3) is 0.333. The van der Waals surface area contributed by atoms with Crippen LogP contribution in [0, 0.1) is 24.7 Å². The summed E-state index contributed by atoms with van der Waals surface area (Å²) in [5, 5.41) is 14.3. The molecule has 2 aliphatic rings. The summed E-state index contributed by atoms with van der Waals surface area (Å²) in [6, 6.07) is 16.5. The number of likely N-dealkylation sites (N-methyl/N-ethyl adjacent to an activating group) is 1. The van der Waals surface area contributed by atoms with Crippen molar-refractivity contribution in [2.24, 2.45) is 5.92 Å². The lowest BCUT2D eigenvalue weighted by molar-refractivity contribution is -0.120. The predicted octanol–water partition coefficient (Wildman–Crippen LogP) is 2.98. The van der Waals surface area contributed by atoms with Crippen molar-refractivity contribution in [3.8, 4) is 11.8 Å². The number of hydrogen-bond donors (Lipinski definition) is 3. The molecular weight excluding hydrogens is 630 g/mol. The summed E-state index contributed by atoms with van der Waals surface area (Å²) in [6.45, 7) is 8.34. The number of ether oxygens (including phenoxy) is 1. The number of aryl methyl sites for hydroxylation is 1. The fourth-order valence-corrected chi connectivity index (χ4v) is 5.72. The molecular formula is C36H39N5O6S. The maximum Gasteiger partial charge on any atom is 0.291 e. The van der Waals surface area contributed by atoms with Gasteiger partial charge in [-0.05, 0) is 48.9 Å². The number of amides is 3. The van der Waals surface area contributed by atoms with Crippen LogP contribution in [-0.2, 0) is 20.9 Å². The molecule has 48 heavy (non-hydrogen) atoms. The standard InChI is InChI=1S/C36H39N5O6S/c1-25-12-19-47-32(25)35(44)38-28-5-3-4-26(22-28)8-11-30-33(48)31(23-37-34(30)43)36(45)39(2)29-9-6-27(7-10-29)24-41-15-13-40(14-16-41)17-20-46-21-18-42/h3-7,9-10,12,19,22-23,30,42H,13-18,20-21,24H2,1-2H3,(H,37,43)(H,38,44). The number of aliphatic hydroxyl groups excluding tert-OH is 1. The number of benzene rings is 2. The highest BCUT2D eigenvalue weighted by Gasteiger charge is 2.32. The molecule has 2 aromatic carbocycles. The smallest absolute Gasteiger partial charge is 0.291 e. The van der Waals surface area contributed by atoms with Gasteiger partial charge in [0.05, 0.1) is 36.5 Å². The number of furan rings is 1. The first-order valence-corrected chi connectivity index (χ1v) is 16.2. The van der Waals surface area contributed by atoms with Crippen molar-refractivity contribution >= 4 is 46.2 Å². The summed E-state index contributed by atoms with van der Waals surface area (Å²) < 4.78 is 10.6. The predicted molar refractivity (Wildman–Crippen MR) is 187 cm³/mol. The van der Waals surface area contributed by atoms with Crippen LogP contribution in [0.5, 0.6) is 0 Å². The van der Waals surface area contributed by atoms with Crippen molar-refractivity contribution in [1.82, 2.24) is 15.1 Å². The summed E-state index contributed by atoms with van der Waals surface area (Å²) in [6.07, 6.45) is 2.80. The summed E-state index contributed by atoms with van der Waals surface area (Å²) in [7, 11) is 1.67. The van der Waals surface area contributed by atoms with Crippen LogP contribution in [0.1, 0.15) is 27.2 Å². The molecule has 3 aromatic rings. The molecule has 250 valence electrons. The second-order valence-electron chi connectivity index (χ2n) is 11.6. The zero-order valence-electron chi connectivity index (χ0n) is 27.0. The highest BCUT2D eigenvalue weighted by atomic mass is 32.1. The van der Waals surface area contributed by atoms with Gasteiger partial charge in [-0.15, -0.1) is 0 Å². The van der Waals surface area contributed by atoms with E-state index < -0.39 is 11.8 Å². The van der Waals surface area contributed by atoms with Crippen molar-refractivity contribution in [2.45, 2.75) is 13.5 Å². The van der Waals surface area contributed by atoms with Crippen molar-refractivity contribution in [3.63, 3.8) is 0 Å². The Labute approximate surface area is 285 Å². The molecule has 0 saturated carbocycles. The lowest BCUT2D eigenvalue weighted by atomic mass is 9.94. The molecule has 1 saturated heterocycles. The van der Waals surface area contributed by atoms with Crippen LogP contribution in [0.2, 0.25) is 0 Å². The van der Waals surface area contributed by atoms with Crippen LogP contribution < -0.4 is 15.5 Å². The van der Waals surface area contributed by atoms with E-state index in [1.165, 1.54) is 17.4 Å². The largest absolute Gasteiger partial charge is 0.459 e. The van der Waals surface area contributed by atoms with Gasteiger partial charge < -0.3 is 29.8 Å². The van der Waals surface area contributed by atoms with Crippen LogP contribution in [0.25, 0.3) is 0 Å². The summed E-state index contributed by atoms with van der Waals surface area (Å²) >= 11 is 5.61. The number of aliphatic hydroxyl groups is 1. The topological polar surface area (TPSA) is 128 Å². The Kier molecular flexibility index (Phi) is 11.9. The van der Waals surface area contributed by atoms with Crippen LogP contribution >= 0.6 is 12.2 Å². The first-order chi connectivity index (χ1) is 23.2. The van der Waals surface area contributed by atoms with E-state index in [1.54, 1.807) is 44.3 Å². The van der Waals surface area contributed by atoms with Gasteiger partial charge in [0, 0.05) is 75.0 Å². The maximum absolute atomic E-state index is 13.5. The highest BCUT2D eigenvalue weighted by Crippen LogP contribution is 2.22. The molecule has 0 spiro atoms. The van der Waals surface area contributed by atoms with E-state index in [4.69, 9.17) is 26.5 Å². The summed E-state index contributed by atoms with van der Waals surface area (Å²) in [5.74, 6) is 3.96. The molecule has 0 aliphatic carbocycles. The van der Waals surface area contributed by atoms with Crippen LogP contribution in [-0.4, -0.2) is 97.1 Å². The molecule has 0 bridgehead atoms. The first kappa shape index (κ1) is 34.7. The van der Waals surface area contributed by atoms with E-state index in [1.807, 2.05) is 24.3 Å². The Bertz CT molecular complexity index is 1730. The number of rotatable bonds is 11. The van der Waals surface area contributed by atoms with E-state index in [0.29, 0.717) is 30.2 Å². The Hall–Kier alpha value is -4.64. The van der Waals surface area contributed by atoms with E-state index in [-0.39, 0.29) is 34.6 Å². The Morgan fingerprint density at radius 3 is 2.56 bits per heavy atom. The van der Waals surface area contributed by atoms with Gasteiger partial charge in [0.15, 0.2) is 5.76 Å². The van der Waals surface area contributed by atoms with Crippen molar-refractivity contribution in [1.29, 1.82) is 0 Å². The normalized spacial score (nSPS) is 16.8. The minimum atomic E-state index is -1.00. The van der Waals surface area contributed by atoms with Gasteiger partial charge in [-0.1, -0.05) is 42.3 Å². The van der Waals surface area contributed by atoms with Crippen molar-refractivity contribution in [2.75, 3.05) is 69.8 Å². The molecule has 1 unspecified atom stereocenters. The van der Waals surface area contributed by atoms with Gasteiger partial charge in [0.1, 0.15) is 5.92 Å². The first-order valence-electron chi connectivity index (χ1n) is 15.8. The molecule has 3 amide bonds. The Morgan fingerprint density at radius 2 is 1.85 bits per heavy atom. The van der Waals surface area contributed by atoms with Gasteiger partial charge >= 0.3 is 0 Å². The average molecular weight is 670 g/mol. The SMILES string of the molecule is Cc1ccoc1C(=O)Nc1cccc(C#CC2C(=O)NC=C(C(=O)N(C)c3ccc(CN4CCN(CCOCCO)CC4)cc3)C2=S)c1. The zero-order chi connectivity index (χ0) is 34.0. The monoisotopic (exact) mass is 669 g/mol. The molecule has 12 heteroatoms. The number of carbonyl (C=O) groups is 3. The van der Waals surface area contributed by atoms with Gasteiger partial charge in [-0.25, -0.2) is 0 Å². The minimum Gasteiger partial charge on any atom is -0.459 e. The number of carbonyl (C=O) groups excluding carboxylic acids is 3. The van der Waals surface area contributed by atoms with Crippen LogP contribution in [0.4, 0.5) is 11.4 Å². The fourth-order valence-electron chi connectivity index (χ4n) is 5.41. The average Bonchev–Trinajstić information content (AvgIpc) is 3.53. The zero-order valence-corrected chi connectivity index (χ0v) is 27.8.